The molecule has 116 valence electrons. The van der Waals surface area contributed by atoms with E-state index in [9.17, 15) is 4.79 Å². The van der Waals surface area contributed by atoms with Crippen molar-refractivity contribution in [3.63, 3.8) is 0 Å². The molecule has 0 bridgehead atoms. The van der Waals surface area contributed by atoms with Gasteiger partial charge in [-0.05, 0) is 42.9 Å². The molecule has 1 aliphatic carbocycles. The quantitative estimate of drug-likeness (QED) is 0.761. The van der Waals surface area contributed by atoms with Crippen LogP contribution in [-0.2, 0) is 11.2 Å². The average Bonchev–Trinajstić information content (AvgIpc) is 3.34. The van der Waals surface area contributed by atoms with Crippen molar-refractivity contribution in [2.45, 2.75) is 31.7 Å². The Bertz CT molecular complexity index is 464. The normalized spacial score (nSPS) is 15.4. The number of rotatable bonds is 8. The van der Waals surface area contributed by atoms with Crippen molar-refractivity contribution in [2.75, 3.05) is 20.8 Å². The van der Waals surface area contributed by atoms with Crippen LogP contribution < -0.4 is 20.5 Å². The van der Waals surface area contributed by atoms with E-state index in [-0.39, 0.29) is 11.9 Å². The molecule has 1 amide bonds. The minimum atomic E-state index is 0.0351. The maximum atomic E-state index is 11.8. The Morgan fingerprint density at radius 3 is 2.43 bits per heavy atom. The summed E-state index contributed by atoms with van der Waals surface area (Å²) in [6.45, 7) is 0.574. The second kappa shape index (κ2) is 7.31. The molecule has 1 aromatic carbocycles. The molecule has 1 aliphatic rings. The number of nitrogens with one attached hydrogen (secondary N) is 1. The van der Waals surface area contributed by atoms with Crippen molar-refractivity contribution in [2.24, 2.45) is 11.7 Å². The van der Waals surface area contributed by atoms with Gasteiger partial charge in [0.05, 0.1) is 14.2 Å². The molecule has 0 spiro atoms. The number of hydrogen-bond donors (Lipinski definition) is 2. The summed E-state index contributed by atoms with van der Waals surface area (Å²) in [6, 6.07) is 5.77. The van der Waals surface area contributed by atoms with E-state index in [1.54, 1.807) is 14.2 Å². The third-order valence-corrected chi connectivity index (χ3v) is 3.81. The van der Waals surface area contributed by atoms with Crippen molar-refractivity contribution < 1.29 is 14.3 Å². The van der Waals surface area contributed by atoms with Crippen LogP contribution in [0.1, 0.15) is 24.8 Å². The Hall–Kier alpha value is -1.75. The topological polar surface area (TPSA) is 73.6 Å². The van der Waals surface area contributed by atoms with Crippen LogP contribution in [-0.4, -0.2) is 32.7 Å². The van der Waals surface area contributed by atoms with Gasteiger partial charge in [0, 0.05) is 25.1 Å². The number of nitrogens with two attached hydrogens (primary N) is 1. The van der Waals surface area contributed by atoms with Gasteiger partial charge < -0.3 is 20.5 Å². The number of amides is 1. The summed E-state index contributed by atoms with van der Waals surface area (Å²) in [5, 5.41) is 2.90. The molecule has 0 aromatic heterocycles. The first kappa shape index (κ1) is 15.6. The molecule has 0 aliphatic heterocycles. The summed E-state index contributed by atoms with van der Waals surface area (Å²) < 4.78 is 10.4. The summed E-state index contributed by atoms with van der Waals surface area (Å²) in [5.41, 5.74) is 6.98. The number of benzene rings is 1. The predicted octanol–water partition coefficient (Wildman–Crippen LogP) is 1.49. The average molecular weight is 292 g/mol. The first-order valence-electron chi connectivity index (χ1n) is 7.36. The van der Waals surface area contributed by atoms with Crippen molar-refractivity contribution in [1.29, 1.82) is 0 Å². The van der Waals surface area contributed by atoms with Crippen LogP contribution in [0.15, 0.2) is 18.2 Å². The Morgan fingerprint density at radius 2 is 1.90 bits per heavy atom. The van der Waals surface area contributed by atoms with Gasteiger partial charge in [0.15, 0.2) is 0 Å². The van der Waals surface area contributed by atoms with Gasteiger partial charge >= 0.3 is 0 Å². The van der Waals surface area contributed by atoms with Gasteiger partial charge in [-0.3, -0.25) is 4.79 Å². The highest BCUT2D eigenvalue weighted by Crippen LogP contribution is 2.31. The molecule has 0 heterocycles. The number of hydrogen-bond acceptors (Lipinski definition) is 4. The summed E-state index contributed by atoms with van der Waals surface area (Å²) in [4.78, 5) is 11.8. The summed E-state index contributed by atoms with van der Waals surface area (Å²) in [6.07, 6.45) is 3.48. The fourth-order valence-corrected chi connectivity index (χ4v) is 2.28. The van der Waals surface area contributed by atoms with Crippen LogP contribution in [0.2, 0.25) is 0 Å². The fraction of sp³-hybridized carbons (Fsp3) is 0.562. The number of carbonyl (C=O) groups excluding carboxylic acids is 1. The molecule has 5 nitrogen and oxygen atoms in total. The minimum absolute atomic E-state index is 0.0351. The number of methoxy groups -OCH3 is 2. The second-order valence-corrected chi connectivity index (χ2v) is 5.53. The van der Waals surface area contributed by atoms with E-state index < -0.39 is 0 Å². The van der Waals surface area contributed by atoms with Gasteiger partial charge in [0.2, 0.25) is 5.91 Å². The predicted molar refractivity (Wildman–Crippen MR) is 81.6 cm³/mol. The van der Waals surface area contributed by atoms with Crippen molar-refractivity contribution in [3.05, 3.63) is 23.8 Å². The Labute approximate surface area is 125 Å². The molecule has 1 unspecified atom stereocenters. The van der Waals surface area contributed by atoms with Crippen LogP contribution in [0.25, 0.3) is 0 Å². The SMILES string of the molecule is COc1cc(CCC(=O)NCC(N)C2CC2)cc(OC)c1. The standard InChI is InChI=1S/C16H24N2O3/c1-20-13-7-11(8-14(9-13)21-2)3-6-16(19)18-10-15(17)12-4-5-12/h7-9,12,15H,3-6,10,17H2,1-2H3,(H,18,19). The monoisotopic (exact) mass is 292 g/mol. The molecule has 0 saturated heterocycles. The number of carbonyl (C=O) groups is 1. The zero-order chi connectivity index (χ0) is 15.2. The molecule has 3 N–H and O–H groups in total. The van der Waals surface area contributed by atoms with Crippen molar-refractivity contribution in [1.82, 2.24) is 5.32 Å². The van der Waals surface area contributed by atoms with Gasteiger partial charge in [-0.2, -0.15) is 0 Å². The maximum Gasteiger partial charge on any atom is 0.220 e. The molecular weight excluding hydrogens is 268 g/mol. The van der Waals surface area contributed by atoms with E-state index in [1.807, 2.05) is 18.2 Å². The number of aryl methyl sites for hydroxylation is 1. The first-order valence-corrected chi connectivity index (χ1v) is 7.36. The zero-order valence-electron chi connectivity index (χ0n) is 12.7. The van der Waals surface area contributed by atoms with Crippen LogP contribution in [0.4, 0.5) is 0 Å². The lowest BCUT2D eigenvalue weighted by Gasteiger charge is -2.12. The van der Waals surface area contributed by atoms with Gasteiger partial charge in [-0.25, -0.2) is 0 Å². The molecule has 1 aromatic rings. The third kappa shape index (κ3) is 4.93. The Kier molecular flexibility index (Phi) is 5.44. The van der Waals surface area contributed by atoms with Gasteiger partial charge in [0.1, 0.15) is 11.5 Å². The van der Waals surface area contributed by atoms with E-state index in [0.29, 0.717) is 25.3 Å². The highest BCUT2D eigenvalue weighted by atomic mass is 16.5. The van der Waals surface area contributed by atoms with E-state index >= 15 is 0 Å². The van der Waals surface area contributed by atoms with Crippen LogP contribution in [0, 0.1) is 5.92 Å². The van der Waals surface area contributed by atoms with Crippen LogP contribution >= 0.6 is 0 Å². The smallest absolute Gasteiger partial charge is 0.220 e. The Morgan fingerprint density at radius 1 is 1.29 bits per heavy atom. The largest absolute Gasteiger partial charge is 0.497 e. The maximum absolute atomic E-state index is 11.8. The summed E-state index contributed by atoms with van der Waals surface area (Å²) in [7, 11) is 3.23. The zero-order valence-corrected chi connectivity index (χ0v) is 12.7. The van der Waals surface area contributed by atoms with Crippen molar-refractivity contribution in [3.8, 4) is 11.5 Å². The molecule has 1 saturated carbocycles. The Balaban J connectivity index is 1.79. The first-order chi connectivity index (χ1) is 10.1. The van der Waals surface area contributed by atoms with E-state index in [0.717, 1.165) is 17.1 Å². The lowest BCUT2D eigenvalue weighted by Crippen LogP contribution is -2.38. The molecule has 5 heteroatoms. The third-order valence-electron chi connectivity index (χ3n) is 3.81. The molecule has 1 atom stereocenters. The second-order valence-electron chi connectivity index (χ2n) is 5.53. The summed E-state index contributed by atoms with van der Waals surface area (Å²) >= 11 is 0. The van der Waals surface area contributed by atoms with E-state index in [4.69, 9.17) is 15.2 Å². The molecular formula is C16H24N2O3. The van der Waals surface area contributed by atoms with Crippen LogP contribution in [0.3, 0.4) is 0 Å². The molecule has 0 radical (unpaired) electrons. The molecule has 2 rings (SSSR count). The van der Waals surface area contributed by atoms with Crippen LogP contribution in [0.5, 0.6) is 11.5 Å². The van der Waals surface area contributed by atoms with Gasteiger partial charge in [-0.1, -0.05) is 0 Å². The van der Waals surface area contributed by atoms with E-state index in [1.165, 1.54) is 12.8 Å². The number of ether oxygens (including phenoxy) is 2. The highest BCUT2D eigenvalue weighted by molar-refractivity contribution is 5.76. The van der Waals surface area contributed by atoms with Gasteiger partial charge in [0.25, 0.3) is 0 Å². The lowest BCUT2D eigenvalue weighted by molar-refractivity contribution is -0.121. The highest BCUT2D eigenvalue weighted by Gasteiger charge is 2.28. The molecule has 1 fully saturated rings. The molecule has 21 heavy (non-hydrogen) atoms. The van der Waals surface area contributed by atoms with Crippen molar-refractivity contribution >= 4 is 5.91 Å². The lowest BCUT2D eigenvalue weighted by atomic mass is 10.1. The minimum Gasteiger partial charge on any atom is -0.497 e. The summed E-state index contributed by atoms with van der Waals surface area (Å²) in [5.74, 6) is 2.11. The fourth-order valence-electron chi connectivity index (χ4n) is 2.28. The van der Waals surface area contributed by atoms with E-state index in [2.05, 4.69) is 5.32 Å². The van der Waals surface area contributed by atoms with Gasteiger partial charge in [-0.15, -0.1) is 0 Å².